The molecule has 0 aliphatic rings. The van der Waals surface area contributed by atoms with E-state index < -0.39 is 5.91 Å². The molecule has 0 heterocycles. The van der Waals surface area contributed by atoms with Crippen molar-refractivity contribution in [3.8, 4) is 5.75 Å². The molecule has 2 aromatic carbocycles. The monoisotopic (exact) mass is 437 g/mol. The summed E-state index contributed by atoms with van der Waals surface area (Å²) in [7, 11) is 1.56. The Balaban J connectivity index is 1.84. The van der Waals surface area contributed by atoms with Crippen LogP contribution in [0.5, 0.6) is 5.75 Å². The van der Waals surface area contributed by atoms with E-state index in [9.17, 15) is 9.59 Å². The van der Waals surface area contributed by atoms with Crippen LogP contribution in [0.25, 0.3) is 0 Å². The second-order valence-electron chi connectivity index (χ2n) is 4.70. The van der Waals surface area contributed by atoms with Gasteiger partial charge in [0, 0.05) is 9.13 Å². The van der Waals surface area contributed by atoms with Gasteiger partial charge in [-0.2, -0.15) is 5.10 Å². The van der Waals surface area contributed by atoms with Crippen LogP contribution in [-0.2, 0) is 4.79 Å². The average Bonchev–Trinajstić information content (AvgIpc) is 2.60. The molecule has 2 amide bonds. The first-order valence-corrected chi connectivity index (χ1v) is 8.17. The van der Waals surface area contributed by atoms with Gasteiger partial charge >= 0.3 is 0 Å². The van der Waals surface area contributed by atoms with E-state index in [2.05, 4.69) is 38.4 Å². The van der Waals surface area contributed by atoms with Crippen molar-refractivity contribution in [3.05, 3.63) is 63.2 Å². The summed E-state index contributed by atoms with van der Waals surface area (Å²) < 4.78 is 6.00. The van der Waals surface area contributed by atoms with Gasteiger partial charge in [-0.25, -0.2) is 5.43 Å². The molecule has 0 bridgehead atoms. The summed E-state index contributed by atoms with van der Waals surface area (Å²) in [6.45, 7) is -0.160. The van der Waals surface area contributed by atoms with Crippen molar-refractivity contribution < 1.29 is 14.3 Å². The first-order valence-electron chi connectivity index (χ1n) is 7.09. The number of methoxy groups -OCH3 is 1. The number of nitrogens with one attached hydrogen (secondary N) is 2. The Morgan fingerprint density at radius 3 is 2.62 bits per heavy atom. The number of halogens is 1. The van der Waals surface area contributed by atoms with E-state index in [1.54, 1.807) is 25.3 Å². The van der Waals surface area contributed by atoms with Crippen LogP contribution in [-0.4, -0.2) is 31.7 Å². The molecule has 0 aliphatic carbocycles. The van der Waals surface area contributed by atoms with Crippen molar-refractivity contribution in [2.45, 2.75) is 0 Å². The van der Waals surface area contributed by atoms with Gasteiger partial charge in [-0.15, -0.1) is 0 Å². The van der Waals surface area contributed by atoms with E-state index in [0.717, 1.165) is 9.13 Å². The van der Waals surface area contributed by atoms with E-state index in [0.29, 0.717) is 11.3 Å². The van der Waals surface area contributed by atoms with Gasteiger partial charge in [0.25, 0.3) is 11.8 Å². The van der Waals surface area contributed by atoms with Gasteiger partial charge in [-0.3, -0.25) is 9.59 Å². The van der Waals surface area contributed by atoms with E-state index in [1.165, 1.54) is 6.21 Å². The number of benzene rings is 2. The van der Waals surface area contributed by atoms with Crippen molar-refractivity contribution in [1.82, 2.24) is 10.7 Å². The molecule has 2 rings (SSSR count). The molecule has 0 saturated carbocycles. The summed E-state index contributed by atoms with van der Waals surface area (Å²) in [6.07, 6.45) is 1.48. The SMILES string of the molecule is COc1ccccc1/C=N\NC(=O)CNC(=O)c1ccccc1I. The molecule has 124 valence electrons. The van der Waals surface area contributed by atoms with Gasteiger partial charge in [0.2, 0.25) is 0 Å². The van der Waals surface area contributed by atoms with Crippen molar-refractivity contribution in [3.63, 3.8) is 0 Å². The van der Waals surface area contributed by atoms with Crippen molar-refractivity contribution in [2.75, 3.05) is 13.7 Å². The molecule has 0 aromatic heterocycles. The second kappa shape index (κ2) is 9.02. The number of nitrogens with zero attached hydrogens (tertiary/aromatic N) is 1. The molecule has 2 N–H and O–H groups in total. The first-order chi connectivity index (χ1) is 11.6. The third kappa shape index (κ3) is 5.05. The van der Waals surface area contributed by atoms with Gasteiger partial charge in [0.15, 0.2) is 0 Å². The largest absolute Gasteiger partial charge is 0.496 e. The normalized spacial score (nSPS) is 10.4. The van der Waals surface area contributed by atoms with Crippen LogP contribution in [0.4, 0.5) is 0 Å². The number of carbonyl (C=O) groups excluding carboxylic acids is 2. The molecule has 24 heavy (non-hydrogen) atoms. The quantitative estimate of drug-likeness (QED) is 0.413. The van der Waals surface area contributed by atoms with Gasteiger partial charge in [-0.1, -0.05) is 24.3 Å². The lowest BCUT2D eigenvalue weighted by Gasteiger charge is -2.06. The standard InChI is InChI=1S/C17H16IN3O3/c1-24-15-9-5-2-6-12(15)10-20-21-16(22)11-19-17(23)13-7-3-4-8-14(13)18/h2-10H,11H2,1H3,(H,19,23)(H,21,22)/b20-10-. The number of ether oxygens (including phenoxy) is 1. The molecule has 0 atom stereocenters. The molecule has 0 spiro atoms. The van der Waals surface area contributed by atoms with Gasteiger partial charge in [0.05, 0.1) is 25.4 Å². The van der Waals surface area contributed by atoms with Crippen molar-refractivity contribution >= 4 is 40.6 Å². The fourth-order valence-electron chi connectivity index (χ4n) is 1.89. The van der Waals surface area contributed by atoms with Crippen LogP contribution in [0, 0.1) is 3.57 Å². The summed E-state index contributed by atoms with van der Waals surface area (Å²) in [4.78, 5) is 23.7. The summed E-state index contributed by atoms with van der Waals surface area (Å²) >= 11 is 2.07. The predicted molar refractivity (Wildman–Crippen MR) is 100 cm³/mol. The van der Waals surface area contributed by atoms with Crippen LogP contribution in [0.3, 0.4) is 0 Å². The predicted octanol–water partition coefficient (Wildman–Crippen LogP) is 2.18. The summed E-state index contributed by atoms with van der Waals surface area (Å²) in [5.41, 5.74) is 3.63. The Kier molecular flexibility index (Phi) is 6.74. The molecule has 0 saturated heterocycles. The summed E-state index contributed by atoms with van der Waals surface area (Å²) in [6, 6.07) is 14.4. The maximum atomic E-state index is 12.0. The Labute approximate surface area is 153 Å². The van der Waals surface area contributed by atoms with E-state index in [-0.39, 0.29) is 12.5 Å². The first kappa shape index (κ1) is 17.9. The fourth-order valence-corrected chi connectivity index (χ4v) is 2.52. The molecular formula is C17H16IN3O3. The maximum absolute atomic E-state index is 12.0. The zero-order chi connectivity index (χ0) is 17.4. The number of para-hydroxylation sites is 1. The van der Waals surface area contributed by atoms with Gasteiger partial charge in [0.1, 0.15) is 5.75 Å². The maximum Gasteiger partial charge on any atom is 0.259 e. The molecule has 0 unspecified atom stereocenters. The van der Waals surface area contributed by atoms with Gasteiger partial charge < -0.3 is 10.1 Å². The Morgan fingerprint density at radius 2 is 1.88 bits per heavy atom. The minimum absolute atomic E-state index is 0.160. The highest BCUT2D eigenvalue weighted by Gasteiger charge is 2.10. The van der Waals surface area contributed by atoms with Gasteiger partial charge in [-0.05, 0) is 46.9 Å². The Morgan fingerprint density at radius 1 is 1.17 bits per heavy atom. The topological polar surface area (TPSA) is 79.8 Å². The second-order valence-corrected chi connectivity index (χ2v) is 5.86. The highest BCUT2D eigenvalue weighted by Crippen LogP contribution is 2.14. The minimum atomic E-state index is -0.416. The highest BCUT2D eigenvalue weighted by atomic mass is 127. The number of hydrogen-bond donors (Lipinski definition) is 2. The number of hydrazone groups is 1. The van der Waals surface area contributed by atoms with Crippen molar-refractivity contribution in [2.24, 2.45) is 5.10 Å². The van der Waals surface area contributed by atoms with Crippen molar-refractivity contribution in [1.29, 1.82) is 0 Å². The smallest absolute Gasteiger partial charge is 0.259 e. The Bertz CT molecular complexity index is 762. The molecule has 0 radical (unpaired) electrons. The zero-order valence-electron chi connectivity index (χ0n) is 13.0. The van der Waals surface area contributed by atoms with Crippen LogP contribution in [0.15, 0.2) is 53.6 Å². The van der Waals surface area contributed by atoms with Crippen LogP contribution < -0.4 is 15.5 Å². The van der Waals surface area contributed by atoms with Crippen LogP contribution in [0.2, 0.25) is 0 Å². The molecular weight excluding hydrogens is 421 g/mol. The third-order valence-corrected chi connectivity index (χ3v) is 4.00. The average molecular weight is 437 g/mol. The lowest BCUT2D eigenvalue weighted by Crippen LogP contribution is -2.35. The summed E-state index contributed by atoms with van der Waals surface area (Å²) in [5.74, 6) is -0.0632. The highest BCUT2D eigenvalue weighted by molar-refractivity contribution is 14.1. The zero-order valence-corrected chi connectivity index (χ0v) is 15.1. The lowest BCUT2D eigenvalue weighted by atomic mass is 10.2. The third-order valence-electron chi connectivity index (χ3n) is 3.06. The molecule has 0 fully saturated rings. The minimum Gasteiger partial charge on any atom is -0.496 e. The number of amides is 2. The summed E-state index contributed by atoms with van der Waals surface area (Å²) in [5, 5.41) is 6.42. The van der Waals surface area contributed by atoms with E-state index >= 15 is 0 Å². The fraction of sp³-hybridized carbons (Fsp3) is 0.118. The number of rotatable bonds is 6. The Hall–Kier alpha value is -2.42. The molecule has 6 nitrogen and oxygen atoms in total. The molecule has 0 aliphatic heterocycles. The lowest BCUT2D eigenvalue weighted by molar-refractivity contribution is -0.120. The van der Waals surface area contributed by atoms with E-state index in [4.69, 9.17) is 4.74 Å². The molecule has 2 aromatic rings. The van der Waals surface area contributed by atoms with Crippen LogP contribution in [0.1, 0.15) is 15.9 Å². The van der Waals surface area contributed by atoms with Crippen LogP contribution >= 0.6 is 22.6 Å². The number of hydrogen-bond acceptors (Lipinski definition) is 4. The molecule has 7 heteroatoms. The van der Waals surface area contributed by atoms with E-state index in [1.807, 2.05) is 30.3 Å². The number of carbonyl (C=O) groups is 2.